The van der Waals surface area contributed by atoms with Gasteiger partial charge in [0, 0.05) is 7.05 Å². The first-order valence-electron chi connectivity index (χ1n) is 4.33. The van der Waals surface area contributed by atoms with Crippen molar-refractivity contribution in [2.24, 2.45) is 7.05 Å². The average Bonchev–Trinajstić information content (AvgIpc) is 2.52. The van der Waals surface area contributed by atoms with Gasteiger partial charge in [0.15, 0.2) is 0 Å². The normalized spacial score (nSPS) is 12.5. The van der Waals surface area contributed by atoms with Crippen LogP contribution in [0.25, 0.3) is 0 Å². The topological polar surface area (TPSA) is 77.2 Å². The summed E-state index contributed by atoms with van der Waals surface area (Å²) in [7, 11) is 1.69. The van der Waals surface area contributed by atoms with Crippen molar-refractivity contribution in [3.8, 4) is 0 Å². The van der Waals surface area contributed by atoms with Crippen molar-refractivity contribution in [1.82, 2.24) is 15.0 Å². The molecule has 1 N–H and O–H groups in total. The van der Waals surface area contributed by atoms with Crippen LogP contribution < -0.4 is 0 Å². The lowest BCUT2D eigenvalue weighted by molar-refractivity contribution is -0.145. The van der Waals surface area contributed by atoms with Gasteiger partial charge >= 0.3 is 5.97 Å². The molecule has 6 nitrogen and oxygen atoms in total. The molecule has 0 fully saturated rings. The molecule has 78 valence electrons. The van der Waals surface area contributed by atoms with Gasteiger partial charge in [-0.1, -0.05) is 5.21 Å². The Labute approximate surface area is 81.5 Å². The number of ether oxygens (including phenoxy) is 1. The summed E-state index contributed by atoms with van der Waals surface area (Å²) in [5.74, 6) is -0.439. The SMILES string of the molecule is CCOC(=O)CC(O)c1cn(C)nn1. The van der Waals surface area contributed by atoms with Crippen molar-refractivity contribution in [3.63, 3.8) is 0 Å². The minimum absolute atomic E-state index is 0.0907. The number of carbonyl (C=O) groups excluding carboxylic acids is 1. The van der Waals surface area contributed by atoms with E-state index in [0.717, 1.165) is 0 Å². The lowest BCUT2D eigenvalue weighted by Crippen LogP contribution is -2.10. The summed E-state index contributed by atoms with van der Waals surface area (Å²) in [5.41, 5.74) is 0.376. The second-order valence-corrected chi connectivity index (χ2v) is 2.84. The van der Waals surface area contributed by atoms with Gasteiger partial charge in [-0.3, -0.25) is 9.48 Å². The van der Waals surface area contributed by atoms with Crippen LogP contribution in [-0.2, 0) is 16.6 Å². The van der Waals surface area contributed by atoms with E-state index in [1.54, 1.807) is 20.2 Å². The number of rotatable bonds is 4. The molecule has 0 bridgehead atoms. The molecular formula is C8H13N3O3. The van der Waals surface area contributed by atoms with E-state index in [0.29, 0.717) is 12.3 Å². The highest BCUT2D eigenvalue weighted by molar-refractivity contribution is 5.70. The number of carbonyl (C=O) groups is 1. The molecule has 1 atom stereocenters. The van der Waals surface area contributed by atoms with E-state index >= 15 is 0 Å². The molecule has 0 amide bonds. The third kappa shape index (κ3) is 2.81. The van der Waals surface area contributed by atoms with E-state index in [-0.39, 0.29) is 6.42 Å². The summed E-state index contributed by atoms with van der Waals surface area (Å²) < 4.78 is 6.15. The van der Waals surface area contributed by atoms with Crippen LogP contribution in [0.2, 0.25) is 0 Å². The number of hydrogen-bond acceptors (Lipinski definition) is 5. The first-order valence-corrected chi connectivity index (χ1v) is 4.33. The predicted molar refractivity (Wildman–Crippen MR) is 47.2 cm³/mol. The van der Waals surface area contributed by atoms with Gasteiger partial charge in [0.2, 0.25) is 0 Å². The van der Waals surface area contributed by atoms with Gasteiger partial charge in [-0.2, -0.15) is 0 Å². The molecule has 0 aliphatic heterocycles. The Morgan fingerprint density at radius 2 is 2.50 bits per heavy atom. The second-order valence-electron chi connectivity index (χ2n) is 2.84. The Bertz CT molecular complexity index is 311. The molecule has 1 aromatic rings. The summed E-state index contributed by atoms with van der Waals surface area (Å²) >= 11 is 0. The van der Waals surface area contributed by atoms with Crippen molar-refractivity contribution in [3.05, 3.63) is 11.9 Å². The predicted octanol–water partition coefficient (Wildman–Crippen LogP) is -0.198. The average molecular weight is 199 g/mol. The number of aliphatic hydroxyl groups is 1. The highest BCUT2D eigenvalue weighted by Crippen LogP contribution is 2.13. The maximum atomic E-state index is 11.0. The van der Waals surface area contributed by atoms with Crippen LogP contribution in [0.4, 0.5) is 0 Å². The van der Waals surface area contributed by atoms with E-state index in [1.165, 1.54) is 4.68 Å². The first-order chi connectivity index (χ1) is 6.63. The van der Waals surface area contributed by atoms with Crippen LogP contribution in [0.3, 0.4) is 0 Å². The fourth-order valence-electron chi connectivity index (χ4n) is 1.00. The monoisotopic (exact) mass is 199 g/mol. The van der Waals surface area contributed by atoms with Gasteiger partial charge in [0.1, 0.15) is 11.8 Å². The van der Waals surface area contributed by atoms with Crippen molar-refractivity contribution in [1.29, 1.82) is 0 Å². The molecule has 0 spiro atoms. The molecule has 1 aromatic heterocycles. The zero-order valence-corrected chi connectivity index (χ0v) is 8.17. The number of aliphatic hydroxyl groups excluding tert-OH is 1. The Hall–Kier alpha value is -1.43. The minimum Gasteiger partial charge on any atom is -0.466 e. The lowest BCUT2D eigenvalue weighted by atomic mass is 10.2. The van der Waals surface area contributed by atoms with E-state index in [1.807, 2.05) is 0 Å². The van der Waals surface area contributed by atoms with Crippen LogP contribution in [0.1, 0.15) is 25.1 Å². The van der Waals surface area contributed by atoms with Crippen molar-refractivity contribution >= 4 is 5.97 Å². The first kappa shape index (κ1) is 10.6. The molecule has 0 saturated heterocycles. The third-order valence-electron chi connectivity index (χ3n) is 1.63. The zero-order chi connectivity index (χ0) is 10.6. The summed E-state index contributed by atoms with van der Waals surface area (Å²) in [6.45, 7) is 2.03. The lowest BCUT2D eigenvalue weighted by Gasteiger charge is -2.05. The standard InChI is InChI=1S/C8H13N3O3/c1-3-14-8(13)4-7(12)6-5-11(2)10-9-6/h5,7,12H,3-4H2,1-2H3. The van der Waals surface area contributed by atoms with Gasteiger partial charge < -0.3 is 9.84 Å². The number of aryl methyl sites for hydroxylation is 1. The molecule has 14 heavy (non-hydrogen) atoms. The quantitative estimate of drug-likeness (QED) is 0.679. The molecule has 1 rings (SSSR count). The molecule has 6 heteroatoms. The molecule has 0 saturated carbocycles. The van der Waals surface area contributed by atoms with Crippen molar-refractivity contribution in [2.75, 3.05) is 6.61 Å². The van der Waals surface area contributed by atoms with Crippen molar-refractivity contribution in [2.45, 2.75) is 19.4 Å². The highest BCUT2D eigenvalue weighted by Gasteiger charge is 2.16. The number of nitrogens with zero attached hydrogens (tertiary/aromatic N) is 3. The van der Waals surface area contributed by atoms with Crippen molar-refractivity contribution < 1.29 is 14.6 Å². The fraction of sp³-hybridized carbons (Fsp3) is 0.625. The van der Waals surface area contributed by atoms with Crippen LogP contribution in [-0.4, -0.2) is 32.7 Å². The smallest absolute Gasteiger partial charge is 0.308 e. The molecule has 1 unspecified atom stereocenters. The molecule has 0 aliphatic carbocycles. The molecule has 0 aliphatic rings. The zero-order valence-electron chi connectivity index (χ0n) is 8.17. The fourth-order valence-corrected chi connectivity index (χ4v) is 1.00. The summed E-state index contributed by atoms with van der Waals surface area (Å²) in [4.78, 5) is 11.0. The van der Waals surface area contributed by atoms with Gasteiger partial charge in [-0.15, -0.1) is 5.10 Å². The summed E-state index contributed by atoms with van der Waals surface area (Å²) in [5, 5.41) is 16.8. The number of esters is 1. The van der Waals surface area contributed by atoms with E-state index in [4.69, 9.17) is 0 Å². The maximum absolute atomic E-state index is 11.0. The summed E-state index contributed by atoms with van der Waals surface area (Å²) in [6.07, 6.45) is 0.527. The molecule has 0 aromatic carbocycles. The maximum Gasteiger partial charge on any atom is 0.308 e. The Morgan fingerprint density at radius 3 is 3.00 bits per heavy atom. The van der Waals surface area contributed by atoms with Gasteiger partial charge in [-0.05, 0) is 6.92 Å². The molecule has 1 heterocycles. The van der Waals surface area contributed by atoms with Crippen LogP contribution in [0.5, 0.6) is 0 Å². The second kappa shape index (κ2) is 4.71. The third-order valence-corrected chi connectivity index (χ3v) is 1.63. The molecule has 0 radical (unpaired) electrons. The van der Waals surface area contributed by atoms with Crippen LogP contribution in [0, 0.1) is 0 Å². The Balaban J connectivity index is 2.50. The van der Waals surface area contributed by atoms with Gasteiger partial charge in [-0.25, -0.2) is 0 Å². The van der Waals surface area contributed by atoms with E-state index < -0.39 is 12.1 Å². The van der Waals surface area contributed by atoms with Crippen LogP contribution >= 0.6 is 0 Å². The minimum atomic E-state index is -0.942. The number of hydrogen-bond donors (Lipinski definition) is 1. The van der Waals surface area contributed by atoms with Gasteiger partial charge in [0.25, 0.3) is 0 Å². The van der Waals surface area contributed by atoms with E-state index in [2.05, 4.69) is 15.0 Å². The Morgan fingerprint density at radius 1 is 1.79 bits per heavy atom. The highest BCUT2D eigenvalue weighted by atomic mass is 16.5. The van der Waals surface area contributed by atoms with Crippen LogP contribution in [0.15, 0.2) is 6.20 Å². The summed E-state index contributed by atoms with van der Waals surface area (Å²) in [6, 6.07) is 0. The molecular weight excluding hydrogens is 186 g/mol. The van der Waals surface area contributed by atoms with Gasteiger partial charge in [0.05, 0.1) is 19.2 Å². The largest absolute Gasteiger partial charge is 0.466 e. The Kier molecular flexibility index (Phi) is 3.58. The van der Waals surface area contributed by atoms with E-state index in [9.17, 15) is 9.90 Å². The number of aromatic nitrogens is 3.